The second-order valence-electron chi connectivity index (χ2n) is 7.96. The third-order valence-corrected chi connectivity index (χ3v) is 8.72. The largest absolute Gasteiger partial charge is 0.478 e. The van der Waals surface area contributed by atoms with Crippen LogP contribution in [0.4, 0.5) is 0 Å². The van der Waals surface area contributed by atoms with Gasteiger partial charge in [-0.15, -0.1) is 37.9 Å². The van der Waals surface area contributed by atoms with Crippen LogP contribution in [0.15, 0.2) is 32.9 Å². The number of thiazole rings is 1. The molecule has 40 heavy (non-hydrogen) atoms. The van der Waals surface area contributed by atoms with E-state index >= 15 is 0 Å². The summed E-state index contributed by atoms with van der Waals surface area (Å²) in [6.07, 6.45) is 0. The van der Waals surface area contributed by atoms with Crippen molar-refractivity contribution in [2.45, 2.75) is 16.4 Å². The van der Waals surface area contributed by atoms with Crippen LogP contribution in [0.2, 0.25) is 0 Å². The molecule has 3 aromatic heterocycles. The molecular weight excluding hydrogens is 592 g/mol. The van der Waals surface area contributed by atoms with Gasteiger partial charge in [0.05, 0.1) is 0 Å². The van der Waals surface area contributed by atoms with E-state index in [4.69, 9.17) is 5.41 Å². The highest BCUT2D eigenvalue weighted by atomic mass is 32.2. The molecule has 1 fully saturated rings. The number of hydrogen-bond donors (Lipinski definition) is 5. The number of nitrogens with zero attached hydrogens (tertiary/aromatic N) is 8. The first kappa shape index (κ1) is 27.1. The molecule has 0 bridgehead atoms. The maximum absolute atomic E-state index is 13.0. The average molecular weight is 609 g/mol. The van der Waals surface area contributed by atoms with Gasteiger partial charge in [0, 0.05) is 16.9 Å². The van der Waals surface area contributed by atoms with Crippen LogP contribution in [0.1, 0.15) is 16.1 Å². The van der Waals surface area contributed by atoms with E-state index in [-0.39, 0.29) is 49.6 Å². The number of oxime groups is 1. The lowest BCUT2D eigenvalue weighted by Gasteiger charge is -2.49. The van der Waals surface area contributed by atoms with Crippen molar-refractivity contribution in [2.75, 3.05) is 18.6 Å². The maximum atomic E-state index is 13.0. The lowest BCUT2D eigenvalue weighted by Crippen LogP contribution is -2.71. The molecule has 2 unspecified atom stereocenters. The van der Waals surface area contributed by atoms with Gasteiger partial charge in [0.1, 0.15) is 40.5 Å². The minimum Gasteiger partial charge on any atom is -0.478 e. The minimum atomic E-state index is -1.35. The van der Waals surface area contributed by atoms with Crippen LogP contribution in [-0.2, 0) is 19.2 Å². The fraction of sp³-hybridized carbons (Fsp3) is 0.263. The molecule has 2 aliphatic heterocycles. The number of hydrogen-bond acceptors (Lipinski definition) is 15. The Morgan fingerprint density at radius 1 is 1.32 bits per heavy atom. The van der Waals surface area contributed by atoms with Crippen molar-refractivity contribution < 1.29 is 39.4 Å². The number of rotatable bonds is 9. The second-order valence-corrected chi connectivity index (χ2v) is 10.9. The lowest BCUT2D eigenvalue weighted by atomic mass is 10.0. The minimum absolute atomic E-state index is 0.0516. The van der Waals surface area contributed by atoms with Crippen LogP contribution < -0.4 is 10.1 Å². The quantitative estimate of drug-likeness (QED) is 0.0621. The third-order valence-electron chi connectivity index (χ3n) is 5.66. The number of β-lactam (4-membered cyclic amide) rings is 1. The Morgan fingerprint density at radius 3 is 2.75 bits per heavy atom. The van der Waals surface area contributed by atoms with Crippen molar-refractivity contribution in [3.05, 3.63) is 38.8 Å². The van der Waals surface area contributed by atoms with E-state index in [9.17, 15) is 34.6 Å². The van der Waals surface area contributed by atoms with Crippen molar-refractivity contribution in [1.29, 1.82) is 5.41 Å². The van der Waals surface area contributed by atoms with Crippen LogP contribution in [0, 0.1) is 5.41 Å². The summed E-state index contributed by atoms with van der Waals surface area (Å²) in [6.45, 7) is 0. The molecule has 3 aromatic rings. The van der Waals surface area contributed by atoms with Crippen LogP contribution >= 0.6 is 34.9 Å². The molecule has 5 heterocycles. The highest BCUT2D eigenvalue weighted by Gasteiger charge is 2.54. The number of thioether (sulfide) groups is 2. The molecule has 0 radical (unpaired) electrons. The summed E-state index contributed by atoms with van der Waals surface area (Å²) < 4.78 is 1.39. The van der Waals surface area contributed by atoms with Gasteiger partial charge in [0.25, 0.3) is 11.8 Å². The van der Waals surface area contributed by atoms with Gasteiger partial charge in [-0.2, -0.15) is 4.73 Å². The molecule has 1 saturated heterocycles. The molecule has 18 nitrogen and oxygen atoms in total. The number of aromatic nitrogens is 6. The molecule has 5 rings (SSSR count). The molecule has 2 aliphatic rings. The van der Waals surface area contributed by atoms with E-state index in [2.05, 4.69) is 35.9 Å². The molecule has 2 atom stereocenters. The Morgan fingerprint density at radius 2 is 2.10 bits per heavy atom. The summed E-state index contributed by atoms with van der Waals surface area (Å²) in [7, 11) is 1.18. The van der Waals surface area contributed by atoms with E-state index in [1.165, 1.54) is 30.3 Å². The maximum Gasteiger partial charge on any atom is 0.352 e. The average Bonchev–Trinajstić information content (AvgIpc) is 3.53. The molecule has 0 spiro atoms. The zero-order valence-corrected chi connectivity index (χ0v) is 22.4. The van der Waals surface area contributed by atoms with Gasteiger partial charge >= 0.3 is 11.9 Å². The first-order valence-electron chi connectivity index (χ1n) is 10.8. The molecule has 0 aromatic carbocycles. The fourth-order valence-electron chi connectivity index (χ4n) is 3.89. The number of aromatic carboxylic acids is 1. The lowest BCUT2D eigenvalue weighted by molar-refractivity contribution is -0.150. The number of fused-ring (bicyclic) bond motifs is 2. The topological polar surface area (TPSA) is 251 Å². The number of carbonyl (C=O) groups excluding carboxylic acids is 2. The van der Waals surface area contributed by atoms with E-state index < -0.39 is 35.2 Å². The number of aliphatic carboxylic acids is 1. The van der Waals surface area contributed by atoms with E-state index in [0.29, 0.717) is 10.3 Å². The number of carbonyl (C=O) groups is 4. The molecule has 2 amide bonds. The van der Waals surface area contributed by atoms with E-state index in [0.717, 1.165) is 32.6 Å². The number of tetrazole rings is 1. The van der Waals surface area contributed by atoms with Crippen molar-refractivity contribution in [3.63, 3.8) is 0 Å². The number of nitrogens with one attached hydrogen (secondary N) is 2. The zero-order chi connectivity index (χ0) is 28.7. The fourth-order valence-corrected chi connectivity index (χ4v) is 6.89. The third kappa shape index (κ3) is 4.62. The first-order chi connectivity index (χ1) is 19.1. The summed E-state index contributed by atoms with van der Waals surface area (Å²) in [4.78, 5) is 55.2. The highest BCUT2D eigenvalue weighted by Crippen LogP contribution is 2.41. The Hall–Kier alpha value is -4.50. The van der Waals surface area contributed by atoms with Crippen molar-refractivity contribution in [2.24, 2.45) is 5.16 Å². The Bertz CT molecular complexity index is 1690. The van der Waals surface area contributed by atoms with Gasteiger partial charge in [-0.1, -0.05) is 16.9 Å². The summed E-state index contributed by atoms with van der Waals surface area (Å²) in [5, 5.41) is 58.6. The predicted octanol–water partition coefficient (Wildman–Crippen LogP) is -1.32. The first-order valence-corrected chi connectivity index (χ1v) is 13.8. The smallest absolute Gasteiger partial charge is 0.352 e. The molecule has 208 valence electrons. The van der Waals surface area contributed by atoms with Gasteiger partial charge in [-0.05, 0) is 22.1 Å². The summed E-state index contributed by atoms with van der Waals surface area (Å²) in [5.74, 6) is -3.91. The molecule has 0 aliphatic carbocycles. The van der Waals surface area contributed by atoms with Crippen LogP contribution in [0.5, 0.6) is 0 Å². The normalized spacial score (nSPS) is 18.9. The Labute approximate surface area is 233 Å². The summed E-state index contributed by atoms with van der Waals surface area (Å²) >= 11 is 3.10. The highest BCUT2D eigenvalue weighted by molar-refractivity contribution is 8.01. The van der Waals surface area contributed by atoms with Crippen molar-refractivity contribution >= 4 is 70.0 Å². The van der Waals surface area contributed by atoms with E-state index in [1.807, 2.05) is 0 Å². The van der Waals surface area contributed by atoms with Crippen LogP contribution in [-0.4, -0.2) is 110 Å². The number of amides is 2. The second kappa shape index (κ2) is 10.6. The predicted molar refractivity (Wildman–Crippen MR) is 135 cm³/mol. The standard InChI is InChI=1S/C19H16N10O8S3/c1-37-24-10(8-5-40-19(20)28(8)36)14(30)21-11-15(31)27-12(18(34)35)6(4-39-16(11)27)3-38-9-2-7(17(32)33)13-22-25-26-29(13)23-9/h2,5,11,16,20,36H,3-4H2,1H3,(H,21,30)(H,32,33)(H,34,35)/b20-19?,24-10-. The number of carboxylic acid groups (broad SMARTS) is 2. The van der Waals surface area contributed by atoms with Crippen molar-refractivity contribution in [1.82, 2.24) is 40.2 Å². The Kier molecular flexibility index (Phi) is 7.16. The molecular formula is C19H16N10O8S3. The van der Waals surface area contributed by atoms with Gasteiger partial charge in [-0.3, -0.25) is 19.9 Å². The van der Waals surface area contributed by atoms with Crippen molar-refractivity contribution in [3.8, 4) is 0 Å². The SMILES string of the molecule is CO/N=C(\C(=O)NC1C(=O)N2C(C(=O)O)=C(CSc3cc(C(=O)O)c4nnnn4n3)CSC12)c1csc(=N)n1O. The van der Waals surface area contributed by atoms with Gasteiger partial charge < -0.3 is 25.6 Å². The van der Waals surface area contributed by atoms with Gasteiger partial charge in [0.15, 0.2) is 5.71 Å². The van der Waals surface area contributed by atoms with Crippen LogP contribution in [0.25, 0.3) is 5.65 Å². The summed E-state index contributed by atoms with van der Waals surface area (Å²) in [6, 6.07) is 0.178. The Balaban J connectivity index is 1.34. The monoisotopic (exact) mass is 608 g/mol. The van der Waals surface area contributed by atoms with E-state index in [1.54, 1.807) is 0 Å². The van der Waals surface area contributed by atoms with Gasteiger partial charge in [0.2, 0.25) is 10.4 Å². The zero-order valence-electron chi connectivity index (χ0n) is 19.9. The van der Waals surface area contributed by atoms with Crippen LogP contribution in [0.3, 0.4) is 0 Å². The molecule has 5 N–H and O–H groups in total. The number of carboxylic acids is 2. The molecule has 21 heteroatoms. The van der Waals surface area contributed by atoms with Gasteiger partial charge in [-0.25, -0.2) is 9.59 Å². The molecule has 0 saturated carbocycles. The summed E-state index contributed by atoms with van der Waals surface area (Å²) in [5.41, 5.74) is -0.607.